The first kappa shape index (κ1) is 16.9. The van der Waals surface area contributed by atoms with E-state index in [1.165, 1.54) is 4.68 Å². The highest BCUT2D eigenvalue weighted by atomic mass is 16.5. The van der Waals surface area contributed by atoms with Gasteiger partial charge in [0.15, 0.2) is 0 Å². The van der Waals surface area contributed by atoms with Crippen LogP contribution in [0.25, 0.3) is 22.1 Å². The molecule has 0 amide bonds. The Labute approximate surface area is 156 Å². The maximum absolute atomic E-state index is 6.01. The van der Waals surface area contributed by atoms with Crippen molar-refractivity contribution < 1.29 is 9.15 Å². The lowest BCUT2D eigenvalue weighted by molar-refractivity contribution is 0.414. The Bertz CT molecular complexity index is 1140. The number of fused-ring (bicyclic) bond motifs is 1. The second-order valence-corrected chi connectivity index (χ2v) is 6.32. The monoisotopic (exact) mass is 360 g/mol. The van der Waals surface area contributed by atoms with Crippen molar-refractivity contribution in [2.24, 2.45) is 5.10 Å². The standard InChI is InChI=1S/C21H20N4O2/c1-13-12-25(21(22)24-13)23-11-16-9-19-17(10-18(16)26-3)20(14(2)27-19)15-7-5-4-6-8-15/h4-12H,1-3H3,(H2,22,24). The summed E-state index contributed by atoms with van der Waals surface area (Å²) in [6.07, 6.45) is 3.46. The first-order valence-electron chi connectivity index (χ1n) is 8.59. The molecule has 2 N–H and O–H groups in total. The number of furan rings is 1. The van der Waals surface area contributed by atoms with E-state index in [2.05, 4.69) is 22.2 Å². The molecular formula is C21H20N4O2. The van der Waals surface area contributed by atoms with Crippen LogP contribution in [0.15, 0.2) is 58.2 Å². The Hall–Kier alpha value is -3.54. The number of benzene rings is 2. The molecule has 4 aromatic rings. The zero-order valence-electron chi connectivity index (χ0n) is 15.4. The molecule has 0 bridgehead atoms. The van der Waals surface area contributed by atoms with Gasteiger partial charge in [-0.15, -0.1) is 0 Å². The third kappa shape index (κ3) is 3.06. The molecule has 0 aliphatic rings. The first-order valence-corrected chi connectivity index (χ1v) is 8.59. The Morgan fingerprint density at radius 3 is 2.63 bits per heavy atom. The number of hydrogen-bond donors (Lipinski definition) is 1. The number of nitrogens with zero attached hydrogens (tertiary/aromatic N) is 3. The second kappa shape index (κ2) is 6.64. The summed E-state index contributed by atoms with van der Waals surface area (Å²) >= 11 is 0. The number of aryl methyl sites for hydroxylation is 2. The van der Waals surface area contributed by atoms with Gasteiger partial charge in [0.25, 0.3) is 0 Å². The summed E-state index contributed by atoms with van der Waals surface area (Å²) in [5.41, 5.74) is 10.4. The van der Waals surface area contributed by atoms with Gasteiger partial charge in [-0.3, -0.25) is 0 Å². The predicted octanol–water partition coefficient (Wildman–Crippen LogP) is 4.39. The van der Waals surface area contributed by atoms with Gasteiger partial charge in [-0.05, 0) is 31.5 Å². The van der Waals surface area contributed by atoms with Crippen LogP contribution in [0.4, 0.5) is 5.95 Å². The highest BCUT2D eigenvalue weighted by molar-refractivity contribution is 6.00. The fourth-order valence-corrected chi connectivity index (χ4v) is 3.22. The van der Waals surface area contributed by atoms with E-state index in [9.17, 15) is 0 Å². The molecule has 0 atom stereocenters. The topological polar surface area (TPSA) is 78.6 Å². The van der Waals surface area contributed by atoms with Crippen LogP contribution in [0.5, 0.6) is 5.75 Å². The second-order valence-electron chi connectivity index (χ2n) is 6.32. The van der Waals surface area contributed by atoms with Crippen molar-refractivity contribution in [3.8, 4) is 16.9 Å². The average Bonchev–Trinajstić information content (AvgIpc) is 3.16. The molecule has 0 unspecified atom stereocenters. The van der Waals surface area contributed by atoms with Crippen molar-refractivity contribution in [3.63, 3.8) is 0 Å². The Morgan fingerprint density at radius 1 is 1.19 bits per heavy atom. The zero-order valence-corrected chi connectivity index (χ0v) is 15.4. The van der Waals surface area contributed by atoms with Crippen LogP contribution in [0.2, 0.25) is 0 Å². The van der Waals surface area contributed by atoms with E-state index < -0.39 is 0 Å². The molecule has 2 aromatic carbocycles. The summed E-state index contributed by atoms with van der Waals surface area (Å²) in [5.74, 6) is 1.91. The van der Waals surface area contributed by atoms with E-state index in [1.807, 2.05) is 44.2 Å². The first-order chi connectivity index (χ1) is 13.1. The molecule has 0 saturated carbocycles. The molecular weight excluding hydrogens is 340 g/mol. The Kier molecular flexibility index (Phi) is 4.16. The number of hydrogen-bond acceptors (Lipinski definition) is 5. The van der Waals surface area contributed by atoms with Crippen LogP contribution in [-0.4, -0.2) is 23.0 Å². The summed E-state index contributed by atoms with van der Waals surface area (Å²) in [5, 5.41) is 5.39. The van der Waals surface area contributed by atoms with Gasteiger partial charge in [-0.1, -0.05) is 30.3 Å². The minimum Gasteiger partial charge on any atom is -0.496 e. The molecule has 6 heteroatoms. The van der Waals surface area contributed by atoms with E-state index in [-0.39, 0.29) is 0 Å². The SMILES string of the molecule is COc1cc2c(-c3ccccc3)c(C)oc2cc1C=Nn1cc(C)nc1N. The minimum absolute atomic E-state index is 0.337. The van der Waals surface area contributed by atoms with Crippen molar-refractivity contribution in [2.45, 2.75) is 13.8 Å². The van der Waals surface area contributed by atoms with E-state index in [0.717, 1.165) is 39.1 Å². The van der Waals surface area contributed by atoms with Crippen LogP contribution in [0.1, 0.15) is 17.0 Å². The predicted molar refractivity (Wildman–Crippen MR) is 107 cm³/mol. The van der Waals surface area contributed by atoms with Gasteiger partial charge in [-0.25, -0.2) is 9.66 Å². The van der Waals surface area contributed by atoms with E-state index in [0.29, 0.717) is 11.7 Å². The molecule has 0 spiro atoms. The molecule has 4 rings (SSSR count). The van der Waals surface area contributed by atoms with Crippen molar-refractivity contribution in [2.75, 3.05) is 12.8 Å². The van der Waals surface area contributed by atoms with Crippen LogP contribution < -0.4 is 10.5 Å². The Balaban J connectivity index is 1.83. The van der Waals surface area contributed by atoms with Crippen molar-refractivity contribution in [1.29, 1.82) is 0 Å². The number of nitrogens with two attached hydrogens (primary N) is 1. The molecule has 0 aliphatic carbocycles. The van der Waals surface area contributed by atoms with E-state index >= 15 is 0 Å². The van der Waals surface area contributed by atoms with Crippen LogP contribution in [-0.2, 0) is 0 Å². The van der Waals surface area contributed by atoms with E-state index in [4.69, 9.17) is 14.9 Å². The van der Waals surface area contributed by atoms with Crippen molar-refractivity contribution in [1.82, 2.24) is 9.66 Å². The summed E-state index contributed by atoms with van der Waals surface area (Å²) < 4.78 is 13.1. The fourth-order valence-electron chi connectivity index (χ4n) is 3.22. The van der Waals surface area contributed by atoms with E-state index in [1.54, 1.807) is 19.5 Å². The third-order valence-electron chi connectivity index (χ3n) is 4.43. The maximum atomic E-state index is 6.01. The lowest BCUT2D eigenvalue weighted by Gasteiger charge is -2.06. The maximum Gasteiger partial charge on any atom is 0.221 e. The molecule has 0 saturated heterocycles. The molecule has 0 aliphatic heterocycles. The van der Waals surface area contributed by atoms with Crippen molar-refractivity contribution >= 4 is 23.1 Å². The fraction of sp³-hybridized carbons (Fsp3) is 0.143. The normalized spacial score (nSPS) is 11.5. The van der Waals surface area contributed by atoms with Gasteiger partial charge in [-0.2, -0.15) is 5.10 Å². The number of anilines is 1. The van der Waals surface area contributed by atoms with Gasteiger partial charge in [0.1, 0.15) is 17.1 Å². The van der Waals surface area contributed by atoms with Crippen LogP contribution >= 0.6 is 0 Å². The minimum atomic E-state index is 0.337. The molecule has 0 radical (unpaired) electrons. The van der Waals surface area contributed by atoms with Gasteiger partial charge < -0.3 is 14.9 Å². The summed E-state index contributed by atoms with van der Waals surface area (Å²) in [4.78, 5) is 4.14. The van der Waals surface area contributed by atoms with Gasteiger partial charge in [0.05, 0.1) is 25.2 Å². The quantitative estimate of drug-likeness (QED) is 0.548. The lowest BCUT2D eigenvalue weighted by Crippen LogP contribution is -1.98. The number of ether oxygens (including phenoxy) is 1. The number of aromatic nitrogens is 2. The highest BCUT2D eigenvalue weighted by Crippen LogP contribution is 2.37. The highest BCUT2D eigenvalue weighted by Gasteiger charge is 2.16. The van der Waals surface area contributed by atoms with Gasteiger partial charge >= 0.3 is 0 Å². The van der Waals surface area contributed by atoms with Gasteiger partial charge in [0.2, 0.25) is 5.95 Å². The summed E-state index contributed by atoms with van der Waals surface area (Å²) in [6.45, 7) is 3.84. The molecule has 0 fully saturated rings. The Morgan fingerprint density at radius 2 is 1.96 bits per heavy atom. The molecule has 6 nitrogen and oxygen atoms in total. The number of rotatable bonds is 4. The number of nitrogen functional groups attached to an aromatic ring is 1. The van der Waals surface area contributed by atoms with Crippen LogP contribution in [0.3, 0.4) is 0 Å². The summed E-state index contributed by atoms with van der Waals surface area (Å²) in [6, 6.07) is 14.1. The summed E-state index contributed by atoms with van der Waals surface area (Å²) in [7, 11) is 1.64. The number of methoxy groups -OCH3 is 1. The molecule has 27 heavy (non-hydrogen) atoms. The molecule has 2 heterocycles. The smallest absolute Gasteiger partial charge is 0.221 e. The zero-order chi connectivity index (χ0) is 19.0. The largest absolute Gasteiger partial charge is 0.496 e. The number of imidazole rings is 1. The molecule has 136 valence electrons. The van der Waals surface area contributed by atoms with Crippen LogP contribution in [0, 0.1) is 13.8 Å². The molecule has 2 aromatic heterocycles. The lowest BCUT2D eigenvalue weighted by atomic mass is 10.0. The van der Waals surface area contributed by atoms with Gasteiger partial charge in [0, 0.05) is 16.5 Å². The average molecular weight is 360 g/mol. The van der Waals surface area contributed by atoms with Crippen molar-refractivity contribution in [3.05, 3.63) is 65.7 Å². The third-order valence-corrected chi connectivity index (χ3v) is 4.43.